The van der Waals surface area contributed by atoms with E-state index in [0.29, 0.717) is 34.1 Å². The monoisotopic (exact) mass is 534 g/mol. The number of hydrogen-bond acceptors (Lipinski definition) is 10. The van der Waals surface area contributed by atoms with Crippen LogP contribution in [0.2, 0.25) is 0 Å². The number of aromatic nitrogens is 4. The minimum atomic E-state index is -1.47. The van der Waals surface area contributed by atoms with E-state index < -0.39 is 30.4 Å². The molecule has 0 bridgehead atoms. The van der Waals surface area contributed by atoms with Gasteiger partial charge in [-0.15, -0.1) is 0 Å². The number of nitrogens with zero attached hydrogens (tertiary/aromatic N) is 4. The van der Waals surface area contributed by atoms with Gasteiger partial charge in [-0.25, -0.2) is 15.0 Å². The summed E-state index contributed by atoms with van der Waals surface area (Å²) in [6, 6.07) is 16.0. The summed E-state index contributed by atoms with van der Waals surface area (Å²) in [6.07, 6.45) is -2.64. The Kier molecular flexibility index (Phi) is 7.25. The Morgan fingerprint density at radius 2 is 1.85 bits per heavy atom. The number of ether oxygens (including phenoxy) is 2. The SMILES string of the molecule is [2H]CCNC(=O)[C@H]1OC(n2cnc3c(Nc4ccc(OCC(=O)Nc5ccccc5)cc4)ncnc32)[C@H](O)[C@@H]1O. The highest BCUT2D eigenvalue weighted by atomic mass is 16.6. The van der Waals surface area contributed by atoms with Crippen molar-refractivity contribution in [1.29, 1.82) is 0 Å². The Balaban J connectivity index is 1.24. The molecule has 0 aliphatic carbocycles. The molecule has 0 saturated carbocycles. The van der Waals surface area contributed by atoms with Crippen LogP contribution in [0.5, 0.6) is 5.75 Å². The van der Waals surface area contributed by atoms with Gasteiger partial charge in [0.2, 0.25) is 0 Å². The zero-order valence-electron chi connectivity index (χ0n) is 21.6. The Hall–Kier alpha value is -4.59. The first-order chi connectivity index (χ1) is 19.4. The third kappa shape index (κ3) is 5.65. The highest BCUT2D eigenvalue weighted by Gasteiger charge is 2.47. The average molecular weight is 535 g/mol. The van der Waals surface area contributed by atoms with Gasteiger partial charge >= 0.3 is 0 Å². The number of fused-ring (bicyclic) bond motifs is 1. The molecule has 202 valence electrons. The fraction of sp³-hybridized carbons (Fsp3) is 0.269. The first kappa shape index (κ1) is 24.7. The number of likely N-dealkylation sites (N-methyl/N-ethyl adjacent to an activating group) is 1. The number of rotatable bonds is 9. The molecule has 0 spiro atoms. The van der Waals surface area contributed by atoms with Crippen molar-refractivity contribution >= 4 is 40.2 Å². The van der Waals surface area contributed by atoms with Crippen LogP contribution in [0.4, 0.5) is 17.2 Å². The van der Waals surface area contributed by atoms with Crippen molar-refractivity contribution in [1.82, 2.24) is 24.8 Å². The lowest BCUT2D eigenvalue weighted by atomic mass is 10.1. The molecule has 1 aliphatic rings. The Morgan fingerprint density at radius 1 is 1.05 bits per heavy atom. The summed E-state index contributed by atoms with van der Waals surface area (Å²) in [5.74, 6) is -0.0291. The number of aliphatic hydroxyl groups is 2. The van der Waals surface area contributed by atoms with E-state index in [4.69, 9.17) is 10.8 Å². The third-order valence-corrected chi connectivity index (χ3v) is 5.97. The van der Waals surface area contributed by atoms with E-state index in [1.165, 1.54) is 17.2 Å². The van der Waals surface area contributed by atoms with Gasteiger partial charge in [-0.3, -0.25) is 14.2 Å². The molecular weight excluding hydrogens is 506 g/mol. The van der Waals surface area contributed by atoms with Gasteiger partial charge in [0.05, 0.1) is 6.33 Å². The molecule has 39 heavy (non-hydrogen) atoms. The van der Waals surface area contributed by atoms with E-state index >= 15 is 0 Å². The van der Waals surface area contributed by atoms with Gasteiger partial charge in [0.1, 0.15) is 24.3 Å². The summed E-state index contributed by atoms with van der Waals surface area (Å²) >= 11 is 0. The lowest BCUT2D eigenvalue weighted by Crippen LogP contribution is -2.42. The lowest BCUT2D eigenvalue weighted by Gasteiger charge is -2.16. The maximum absolute atomic E-state index is 12.3. The van der Waals surface area contributed by atoms with Crippen molar-refractivity contribution < 1.29 is 30.6 Å². The second kappa shape index (κ2) is 11.4. The largest absolute Gasteiger partial charge is 0.484 e. The van der Waals surface area contributed by atoms with E-state index in [9.17, 15) is 19.8 Å². The fourth-order valence-corrected chi connectivity index (χ4v) is 4.10. The van der Waals surface area contributed by atoms with Crippen LogP contribution in [-0.4, -0.2) is 73.0 Å². The van der Waals surface area contributed by atoms with E-state index in [0.717, 1.165) is 0 Å². The lowest BCUT2D eigenvalue weighted by molar-refractivity contribution is -0.137. The van der Waals surface area contributed by atoms with Gasteiger partial charge in [-0.2, -0.15) is 0 Å². The quantitative estimate of drug-likeness (QED) is 0.211. The summed E-state index contributed by atoms with van der Waals surface area (Å²) in [5.41, 5.74) is 2.03. The number of aliphatic hydroxyl groups excluding tert-OH is 2. The number of nitrogens with one attached hydrogen (secondary N) is 3. The van der Waals surface area contributed by atoms with Gasteiger partial charge in [0.15, 0.2) is 35.9 Å². The van der Waals surface area contributed by atoms with E-state index in [2.05, 4.69) is 30.9 Å². The Labute approximate surface area is 224 Å². The minimum absolute atomic E-state index is 0.0267. The molecule has 0 radical (unpaired) electrons. The van der Waals surface area contributed by atoms with Gasteiger partial charge in [0.25, 0.3) is 11.8 Å². The van der Waals surface area contributed by atoms with Crippen LogP contribution >= 0.6 is 0 Å². The summed E-state index contributed by atoms with van der Waals surface area (Å²) in [4.78, 5) is 37.3. The molecule has 5 rings (SSSR count). The third-order valence-electron chi connectivity index (χ3n) is 5.97. The fourth-order valence-electron chi connectivity index (χ4n) is 4.10. The van der Waals surface area contributed by atoms with Gasteiger partial charge in [-0.05, 0) is 43.3 Å². The van der Waals surface area contributed by atoms with Crippen molar-refractivity contribution in [2.75, 3.05) is 23.8 Å². The second-order valence-electron chi connectivity index (χ2n) is 8.62. The molecule has 13 nitrogen and oxygen atoms in total. The number of imidazole rings is 1. The standard InChI is InChI=1S/C26H27N7O6/c1-2-27-25(37)22-20(35)21(36)26(39-22)33-14-30-19-23(28-13-29-24(19)33)32-16-8-10-17(11-9-16)38-12-18(34)31-15-6-4-3-5-7-15/h3-11,13-14,20-22,26,35-36H,2,12H2,1H3,(H,27,37)(H,31,34)(H,28,29,32)/t20-,21+,22-,26?/m0/s1/i1D. The van der Waals surface area contributed by atoms with Crippen LogP contribution in [0.3, 0.4) is 0 Å². The predicted molar refractivity (Wildman–Crippen MR) is 140 cm³/mol. The van der Waals surface area contributed by atoms with Gasteiger partial charge in [-0.1, -0.05) is 18.2 Å². The number of hydrogen-bond donors (Lipinski definition) is 5. The van der Waals surface area contributed by atoms with Crippen molar-refractivity contribution in [2.45, 2.75) is 31.4 Å². The number of amides is 2. The number of benzene rings is 2. The minimum Gasteiger partial charge on any atom is -0.484 e. The van der Waals surface area contributed by atoms with E-state index in [1.807, 2.05) is 18.2 Å². The average Bonchev–Trinajstić information content (AvgIpc) is 3.53. The molecule has 2 aromatic carbocycles. The predicted octanol–water partition coefficient (Wildman–Crippen LogP) is 1.34. The van der Waals surface area contributed by atoms with Crippen molar-refractivity contribution in [3.8, 4) is 5.75 Å². The topological polar surface area (TPSA) is 173 Å². The summed E-state index contributed by atoms with van der Waals surface area (Å²) in [5, 5.41) is 29.3. The zero-order valence-corrected chi connectivity index (χ0v) is 20.6. The first-order valence-corrected chi connectivity index (χ1v) is 12.1. The molecule has 1 saturated heterocycles. The van der Waals surface area contributed by atoms with Crippen molar-refractivity contribution in [3.63, 3.8) is 0 Å². The maximum atomic E-state index is 12.3. The number of para-hydroxylation sites is 1. The molecule has 4 aromatic rings. The maximum Gasteiger partial charge on any atom is 0.262 e. The van der Waals surface area contributed by atoms with Gasteiger partial charge < -0.3 is 35.6 Å². The molecule has 3 heterocycles. The molecule has 13 heteroatoms. The van der Waals surface area contributed by atoms with Crippen LogP contribution in [0.15, 0.2) is 67.3 Å². The first-order valence-electron chi connectivity index (χ1n) is 12.8. The number of carbonyl (C=O) groups is 2. The van der Waals surface area contributed by atoms with Crippen molar-refractivity contribution in [3.05, 3.63) is 67.3 Å². The highest BCUT2D eigenvalue weighted by Crippen LogP contribution is 2.33. The molecular formula is C26H27N7O6. The Morgan fingerprint density at radius 3 is 2.62 bits per heavy atom. The molecule has 4 atom stereocenters. The molecule has 1 aliphatic heterocycles. The zero-order chi connectivity index (χ0) is 28.1. The molecule has 2 amide bonds. The molecule has 5 N–H and O–H groups in total. The van der Waals surface area contributed by atoms with Crippen LogP contribution in [-0.2, 0) is 14.3 Å². The molecule has 1 fully saturated rings. The van der Waals surface area contributed by atoms with Crippen LogP contribution in [0, 0.1) is 0 Å². The van der Waals surface area contributed by atoms with Crippen LogP contribution in [0.1, 0.15) is 14.5 Å². The number of anilines is 3. The van der Waals surface area contributed by atoms with Crippen LogP contribution < -0.4 is 20.7 Å². The molecule has 1 unspecified atom stereocenters. The Bertz CT molecular complexity index is 1470. The highest BCUT2D eigenvalue weighted by molar-refractivity contribution is 5.91. The molecule has 2 aromatic heterocycles. The van der Waals surface area contributed by atoms with E-state index in [1.54, 1.807) is 36.4 Å². The smallest absolute Gasteiger partial charge is 0.262 e. The summed E-state index contributed by atoms with van der Waals surface area (Å²) < 4.78 is 19.8. The van der Waals surface area contributed by atoms with Crippen LogP contribution in [0.25, 0.3) is 11.2 Å². The van der Waals surface area contributed by atoms with Gasteiger partial charge in [0, 0.05) is 19.3 Å². The summed E-state index contributed by atoms with van der Waals surface area (Å²) in [7, 11) is 0. The van der Waals surface area contributed by atoms with Crippen molar-refractivity contribution in [2.24, 2.45) is 0 Å². The second-order valence-corrected chi connectivity index (χ2v) is 8.62. The van der Waals surface area contributed by atoms with E-state index in [-0.39, 0.29) is 26.0 Å². The summed E-state index contributed by atoms with van der Waals surface area (Å²) in [6.45, 7) is -0.0810. The normalized spacial score (nSPS) is 20.8. The number of carbonyl (C=O) groups excluding carboxylic acids is 2.